The predicted molar refractivity (Wildman–Crippen MR) is 68.4 cm³/mol. The van der Waals surface area contributed by atoms with Crippen LogP contribution in [-0.4, -0.2) is 4.98 Å². The van der Waals surface area contributed by atoms with Gasteiger partial charge in [-0.3, -0.25) is 0 Å². The third-order valence-corrected chi connectivity index (χ3v) is 3.12. The number of nitrogens with two attached hydrogens (primary N) is 2. The molecule has 0 amide bonds. The van der Waals surface area contributed by atoms with E-state index in [0.29, 0.717) is 11.5 Å². The van der Waals surface area contributed by atoms with Crippen molar-refractivity contribution in [1.82, 2.24) is 4.98 Å². The van der Waals surface area contributed by atoms with Crippen molar-refractivity contribution in [3.8, 4) is 0 Å². The Morgan fingerprint density at radius 2 is 1.69 bits per heavy atom. The van der Waals surface area contributed by atoms with Gasteiger partial charge in [0.15, 0.2) is 0 Å². The summed E-state index contributed by atoms with van der Waals surface area (Å²) in [7, 11) is 0. The third kappa shape index (κ3) is 2.46. The summed E-state index contributed by atoms with van der Waals surface area (Å²) in [6.07, 6.45) is 0. The van der Waals surface area contributed by atoms with Crippen molar-refractivity contribution in [3.05, 3.63) is 42.0 Å². The molecule has 0 fully saturated rings. The zero-order valence-electron chi connectivity index (χ0n) is 8.97. The molecule has 16 heavy (non-hydrogen) atoms. The van der Waals surface area contributed by atoms with Crippen LogP contribution in [0, 0.1) is 6.92 Å². The number of anilines is 2. The van der Waals surface area contributed by atoms with Crippen molar-refractivity contribution < 1.29 is 0 Å². The lowest BCUT2D eigenvalue weighted by molar-refractivity contribution is 1.15. The second-order valence-electron chi connectivity index (χ2n) is 3.54. The summed E-state index contributed by atoms with van der Waals surface area (Å²) in [5.41, 5.74) is 13.0. The normalized spacial score (nSPS) is 10.3. The van der Waals surface area contributed by atoms with Gasteiger partial charge in [-0.2, -0.15) is 0 Å². The number of hydrogen-bond acceptors (Lipinski definition) is 4. The summed E-state index contributed by atoms with van der Waals surface area (Å²) in [6.45, 7) is 2.06. The Morgan fingerprint density at radius 3 is 2.31 bits per heavy atom. The van der Waals surface area contributed by atoms with Gasteiger partial charge < -0.3 is 11.5 Å². The van der Waals surface area contributed by atoms with Crippen LogP contribution in [0.15, 0.2) is 46.3 Å². The van der Waals surface area contributed by atoms with Crippen molar-refractivity contribution >= 4 is 23.3 Å². The van der Waals surface area contributed by atoms with Gasteiger partial charge in [-0.1, -0.05) is 29.5 Å². The molecule has 0 aliphatic heterocycles. The van der Waals surface area contributed by atoms with E-state index in [9.17, 15) is 0 Å². The Hall–Kier alpha value is -1.68. The quantitative estimate of drug-likeness (QED) is 0.834. The van der Waals surface area contributed by atoms with Crippen LogP contribution in [0.4, 0.5) is 11.5 Å². The Balaban J connectivity index is 2.20. The molecule has 1 heterocycles. The molecular weight excluding hydrogens is 218 g/mol. The van der Waals surface area contributed by atoms with E-state index < -0.39 is 0 Å². The fourth-order valence-corrected chi connectivity index (χ4v) is 2.04. The van der Waals surface area contributed by atoms with Gasteiger partial charge in [0.25, 0.3) is 0 Å². The van der Waals surface area contributed by atoms with Gasteiger partial charge in [0.2, 0.25) is 0 Å². The molecule has 1 aromatic heterocycles. The van der Waals surface area contributed by atoms with Crippen molar-refractivity contribution in [3.63, 3.8) is 0 Å². The smallest absolute Gasteiger partial charge is 0.147 e. The van der Waals surface area contributed by atoms with E-state index in [4.69, 9.17) is 11.5 Å². The standard InChI is InChI=1S/C12H13N3S/c1-8-2-4-9(5-3-8)16-11-7-6-10(13)12(14)15-11/h2-7H,13H2,1H3,(H2,14,15). The molecule has 0 saturated carbocycles. The zero-order valence-corrected chi connectivity index (χ0v) is 9.79. The summed E-state index contributed by atoms with van der Waals surface area (Å²) < 4.78 is 0. The highest BCUT2D eigenvalue weighted by atomic mass is 32.2. The molecule has 0 aliphatic rings. The first kappa shape index (κ1) is 10.8. The molecular formula is C12H13N3S. The molecule has 0 bridgehead atoms. The largest absolute Gasteiger partial charge is 0.396 e. The molecule has 4 heteroatoms. The van der Waals surface area contributed by atoms with Crippen LogP contribution in [0.25, 0.3) is 0 Å². The summed E-state index contributed by atoms with van der Waals surface area (Å²) >= 11 is 1.57. The fraction of sp³-hybridized carbons (Fsp3) is 0.0833. The molecule has 0 saturated heterocycles. The first-order valence-electron chi connectivity index (χ1n) is 4.91. The van der Waals surface area contributed by atoms with Crippen LogP contribution in [-0.2, 0) is 0 Å². The highest BCUT2D eigenvalue weighted by Gasteiger charge is 2.01. The van der Waals surface area contributed by atoms with Gasteiger partial charge in [0, 0.05) is 4.90 Å². The molecule has 0 aliphatic carbocycles. The van der Waals surface area contributed by atoms with Crippen LogP contribution >= 0.6 is 11.8 Å². The maximum Gasteiger partial charge on any atom is 0.147 e. The second-order valence-corrected chi connectivity index (χ2v) is 4.63. The Kier molecular flexibility index (Phi) is 3.01. The minimum Gasteiger partial charge on any atom is -0.396 e. The van der Waals surface area contributed by atoms with E-state index in [-0.39, 0.29) is 0 Å². The summed E-state index contributed by atoms with van der Waals surface area (Å²) in [5, 5.41) is 0.857. The van der Waals surface area contributed by atoms with Crippen LogP contribution in [0.3, 0.4) is 0 Å². The first-order valence-corrected chi connectivity index (χ1v) is 5.73. The average molecular weight is 231 g/mol. The second kappa shape index (κ2) is 4.45. The topological polar surface area (TPSA) is 64.9 Å². The predicted octanol–water partition coefficient (Wildman–Crippen LogP) is 2.71. The lowest BCUT2D eigenvalue weighted by Crippen LogP contribution is -1.97. The highest BCUT2D eigenvalue weighted by Crippen LogP contribution is 2.27. The number of aromatic nitrogens is 1. The molecule has 0 atom stereocenters. The molecule has 3 nitrogen and oxygen atoms in total. The summed E-state index contributed by atoms with van der Waals surface area (Å²) in [5.74, 6) is 0.386. The minimum atomic E-state index is 0.386. The SMILES string of the molecule is Cc1ccc(Sc2ccc(N)c(N)n2)cc1. The van der Waals surface area contributed by atoms with Gasteiger partial charge in [-0.25, -0.2) is 4.98 Å². The summed E-state index contributed by atoms with van der Waals surface area (Å²) in [6, 6.07) is 11.9. The Labute approximate surface area is 98.9 Å². The molecule has 1 aromatic carbocycles. The van der Waals surface area contributed by atoms with Crippen molar-refractivity contribution in [1.29, 1.82) is 0 Å². The molecule has 2 aromatic rings. The van der Waals surface area contributed by atoms with Crippen LogP contribution in [0.5, 0.6) is 0 Å². The van der Waals surface area contributed by atoms with Crippen molar-refractivity contribution in [2.24, 2.45) is 0 Å². The van der Waals surface area contributed by atoms with Crippen LogP contribution in [0.2, 0.25) is 0 Å². The van der Waals surface area contributed by atoms with Gasteiger partial charge in [0.1, 0.15) is 10.8 Å². The number of hydrogen-bond donors (Lipinski definition) is 2. The Bertz CT molecular complexity index is 494. The van der Waals surface area contributed by atoms with E-state index in [1.165, 1.54) is 5.56 Å². The highest BCUT2D eigenvalue weighted by molar-refractivity contribution is 7.99. The Morgan fingerprint density at radius 1 is 1.00 bits per heavy atom. The van der Waals surface area contributed by atoms with Gasteiger partial charge >= 0.3 is 0 Å². The van der Waals surface area contributed by atoms with Crippen molar-refractivity contribution in [2.75, 3.05) is 11.5 Å². The molecule has 0 radical (unpaired) electrons. The average Bonchev–Trinajstić information content (AvgIpc) is 2.27. The van der Waals surface area contributed by atoms with Crippen LogP contribution in [0.1, 0.15) is 5.56 Å². The maximum atomic E-state index is 5.65. The van der Waals surface area contributed by atoms with E-state index >= 15 is 0 Å². The van der Waals surface area contributed by atoms with E-state index in [1.807, 2.05) is 6.07 Å². The van der Waals surface area contributed by atoms with Gasteiger partial charge in [0.05, 0.1) is 5.69 Å². The number of rotatable bonds is 2. The van der Waals surface area contributed by atoms with E-state index in [0.717, 1.165) is 9.92 Å². The number of aryl methyl sites for hydroxylation is 1. The van der Waals surface area contributed by atoms with Gasteiger partial charge in [-0.15, -0.1) is 0 Å². The monoisotopic (exact) mass is 231 g/mol. The first-order chi connectivity index (χ1) is 7.65. The molecule has 0 spiro atoms. The number of nitrogens with zero attached hydrogens (tertiary/aromatic N) is 1. The molecule has 4 N–H and O–H groups in total. The minimum absolute atomic E-state index is 0.386. The molecule has 82 valence electrons. The number of nitrogen functional groups attached to an aromatic ring is 2. The zero-order chi connectivity index (χ0) is 11.5. The molecule has 2 rings (SSSR count). The van der Waals surface area contributed by atoms with Crippen molar-refractivity contribution in [2.45, 2.75) is 16.8 Å². The summed E-state index contributed by atoms with van der Waals surface area (Å²) in [4.78, 5) is 5.35. The molecule has 0 unspecified atom stereocenters. The maximum absolute atomic E-state index is 5.65. The van der Waals surface area contributed by atoms with E-state index in [1.54, 1.807) is 17.8 Å². The van der Waals surface area contributed by atoms with Gasteiger partial charge in [-0.05, 0) is 31.2 Å². The fourth-order valence-electron chi connectivity index (χ4n) is 1.25. The lowest BCUT2D eigenvalue weighted by atomic mass is 10.2. The lowest BCUT2D eigenvalue weighted by Gasteiger charge is -2.04. The van der Waals surface area contributed by atoms with E-state index in [2.05, 4.69) is 36.2 Å². The third-order valence-electron chi connectivity index (χ3n) is 2.18. The van der Waals surface area contributed by atoms with Crippen LogP contribution < -0.4 is 11.5 Å². The number of pyridine rings is 1. The number of benzene rings is 1.